The third-order valence-electron chi connectivity index (χ3n) is 3.15. The fourth-order valence-electron chi connectivity index (χ4n) is 2.00. The van der Waals surface area contributed by atoms with Crippen molar-refractivity contribution in [2.24, 2.45) is 0 Å². The van der Waals surface area contributed by atoms with Crippen molar-refractivity contribution in [1.82, 2.24) is 5.32 Å². The Balaban J connectivity index is 2.03. The molecule has 1 fully saturated rings. The topological polar surface area (TPSA) is 87.7 Å². The fourth-order valence-corrected chi connectivity index (χ4v) is 2.00. The maximum atomic E-state index is 13.5. The first-order valence-electron chi connectivity index (χ1n) is 6.19. The van der Waals surface area contributed by atoms with Crippen molar-refractivity contribution < 1.29 is 23.8 Å². The second-order valence-corrected chi connectivity index (χ2v) is 4.57. The third kappa shape index (κ3) is 3.24. The Morgan fingerprint density at radius 3 is 2.80 bits per heavy atom. The van der Waals surface area contributed by atoms with E-state index in [2.05, 4.69) is 10.6 Å². The Hall–Kier alpha value is -2.15. The van der Waals surface area contributed by atoms with Crippen LogP contribution in [0, 0.1) is 5.82 Å². The molecule has 7 heteroatoms. The van der Waals surface area contributed by atoms with Gasteiger partial charge in [-0.05, 0) is 31.5 Å². The second kappa shape index (κ2) is 5.87. The van der Waals surface area contributed by atoms with Gasteiger partial charge in [0.2, 0.25) is 0 Å². The van der Waals surface area contributed by atoms with E-state index in [4.69, 9.17) is 9.84 Å². The van der Waals surface area contributed by atoms with Crippen LogP contribution < -0.4 is 10.6 Å². The number of carboxylic acid groups (broad SMARTS) is 1. The number of hydrogen-bond acceptors (Lipinski definition) is 3. The zero-order valence-corrected chi connectivity index (χ0v) is 10.9. The molecular formula is C13H15FN2O4. The van der Waals surface area contributed by atoms with Gasteiger partial charge in [-0.15, -0.1) is 0 Å². The van der Waals surface area contributed by atoms with Gasteiger partial charge >= 0.3 is 12.0 Å². The lowest BCUT2D eigenvalue weighted by atomic mass is 10.1. The molecule has 0 aliphatic carbocycles. The monoisotopic (exact) mass is 282 g/mol. The minimum atomic E-state index is -1.19. The van der Waals surface area contributed by atoms with Crippen LogP contribution in [0.25, 0.3) is 0 Å². The highest BCUT2D eigenvalue weighted by atomic mass is 19.1. The van der Waals surface area contributed by atoms with E-state index < -0.39 is 17.8 Å². The van der Waals surface area contributed by atoms with E-state index in [0.717, 1.165) is 18.2 Å². The van der Waals surface area contributed by atoms with Gasteiger partial charge in [-0.2, -0.15) is 0 Å². The molecule has 0 saturated carbocycles. The lowest BCUT2D eigenvalue weighted by Gasteiger charge is -2.16. The predicted molar refractivity (Wildman–Crippen MR) is 69.3 cm³/mol. The molecule has 6 nitrogen and oxygen atoms in total. The lowest BCUT2D eigenvalue weighted by Crippen LogP contribution is -2.41. The molecule has 20 heavy (non-hydrogen) atoms. The number of carbonyl (C=O) groups excluding carboxylic acids is 1. The lowest BCUT2D eigenvalue weighted by molar-refractivity contribution is 0.0697. The van der Waals surface area contributed by atoms with Crippen LogP contribution in [0.4, 0.5) is 14.9 Å². The Bertz CT molecular complexity index is 535. The van der Waals surface area contributed by atoms with Gasteiger partial charge in [0, 0.05) is 6.61 Å². The van der Waals surface area contributed by atoms with Crippen molar-refractivity contribution in [3.8, 4) is 0 Å². The van der Waals surface area contributed by atoms with Crippen LogP contribution in [-0.4, -0.2) is 35.9 Å². The van der Waals surface area contributed by atoms with Crippen LogP contribution in [0.15, 0.2) is 18.2 Å². The molecule has 1 aromatic rings. The number of rotatable bonds is 3. The fraction of sp³-hybridized carbons (Fsp3) is 0.385. The summed E-state index contributed by atoms with van der Waals surface area (Å²) >= 11 is 0. The maximum Gasteiger partial charge on any atom is 0.335 e. The van der Waals surface area contributed by atoms with Gasteiger partial charge in [0.05, 0.1) is 23.4 Å². The molecule has 2 unspecified atom stereocenters. The van der Waals surface area contributed by atoms with Gasteiger partial charge in [-0.1, -0.05) is 0 Å². The van der Waals surface area contributed by atoms with Crippen molar-refractivity contribution in [3.63, 3.8) is 0 Å². The standard InChI is InChI=1S/C13H15FN2O4/c1-7-10(4-5-20-7)15-13(19)16-11-6-8(12(17)18)2-3-9(11)14/h2-3,6-7,10H,4-5H2,1H3,(H,17,18)(H2,15,16,19). The number of amides is 2. The van der Waals surface area contributed by atoms with Crippen molar-refractivity contribution in [2.45, 2.75) is 25.5 Å². The van der Waals surface area contributed by atoms with E-state index in [1.165, 1.54) is 0 Å². The molecule has 108 valence electrons. The molecule has 2 atom stereocenters. The van der Waals surface area contributed by atoms with E-state index in [0.29, 0.717) is 13.0 Å². The number of hydrogen-bond donors (Lipinski definition) is 3. The Labute approximate surface area is 114 Å². The van der Waals surface area contributed by atoms with E-state index in [1.807, 2.05) is 6.92 Å². The number of carbonyl (C=O) groups is 2. The molecule has 1 aliphatic heterocycles. The molecule has 1 heterocycles. The number of anilines is 1. The number of nitrogens with one attached hydrogen (secondary N) is 2. The van der Waals surface area contributed by atoms with Crippen LogP contribution >= 0.6 is 0 Å². The Morgan fingerprint density at radius 1 is 1.45 bits per heavy atom. The van der Waals surface area contributed by atoms with Crippen molar-refractivity contribution >= 4 is 17.7 Å². The summed E-state index contributed by atoms with van der Waals surface area (Å²) in [5.74, 6) is -1.88. The predicted octanol–water partition coefficient (Wildman–Crippen LogP) is 1.82. The van der Waals surface area contributed by atoms with Gasteiger partial charge in [0.1, 0.15) is 5.82 Å². The molecule has 1 aromatic carbocycles. The molecule has 2 rings (SSSR count). The summed E-state index contributed by atoms with van der Waals surface area (Å²) in [5.41, 5.74) is -0.270. The van der Waals surface area contributed by atoms with Crippen LogP contribution in [0.1, 0.15) is 23.7 Å². The molecule has 0 bridgehead atoms. The molecule has 1 aliphatic rings. The summed E-state index contributed by atoms with van der Waals surface area (Å²) in [6, 6.07) is 2.48. The molecular weight excluding hydrogens is 267 g/mol. The number of carboxylic acids is 1. The highest BCUT2D eigenvalue weighted by Crippen LogP contribution is 2.17. The molecule has 0 spiro atoms. The van der Waals surface area contributed by atoms with Gasteiger partial charge < -0.3 is 20.5 Å². The molecule has 0 radical (unpaired) electrons. The van der Waals surface area contributed by atoms with Crippen LogP contribution in [0.3, 0.4) is 0 Å². The average Bonchev–Trinajstić information content (AvgIpc) is 2.77. The molecule has 3 N–H and O–H groups in total. The van der Waals surface area contributed by atoms with Gasteiger partial charge in [0.25, 0.3) is 0 Å². The Morgan fingerprint density at radius 2 is 2.20 bits per heavy atom. The largest absolute Gasteiger partial charge is 0.478 e. The van der Waals surface area contributed by atoms with E-state index in [9.17, 15) is 14.0 Å². The van der Waals surface area contributed by atoms with Crippen molar-refractivity contribution in [1.29, 1.82) is 0 Å². The van der Waals surface area contributed by atoms with E-state index in [-0.39, 0.29) is 23.4 Å². The smallest absolute Gasteiger partial charge is 0.335 e. The first kappa shape index (κ1) is 14.3. The van der Waals surface area contributed by atoms with E-state index in [1.54, 1.807) is 0 Å². The zero-order chi connectivity index (χ0) is 14.7. The van der Waals surface area contributed by atoms with Crippen LogP contribution in [0.2, 0.25) is 0 Å². The van der Waals surface area contributed by atoms with Crippen LogP contribution in [0.5, 0.6) is 0 Å². The normalized spacial score (nSPS) is 21.5. The minimum absolute atomic E-state index is 0.0979. The number of urea groups is 1. The Kier molecular flexibility index (Phi) is 4.19. The average molecular weight is 282 g/mol. The SMILES string of the molecule is CC1OCCC1NC(=O)Nc1cc(C(=O)O)ccc1F. The summed E-state index contributed by atoms with van der Waals surface area (Å²) in [7, 11) is 0. The zero-order valence-electron chi connectivity index (χ0n) is 10.9. The number of benzene rings is 1. The summed E-state index contributed by atoms with van der Waals surface area (Å²) in [4.78, 5) is 22.6. The third-order valence-corrected chi connectivity index (χ3v) is 3.15. The first-order valence-corrected chi connectivity index (χ1v) is 6.19. The summed E-state index contributed by atoms with van der Waals surface area (Å²) in [6.45, 7) is 2.40. The second-order valence-electron chi connectivity index (χ2n) is 4.57. The first-order chi connectivity index (χ1) is 9.47. The number of ether oxygens (including phenoxy) is 1. The molecule has 0 aromatic heterocycles. The van der Waals surface area contributed by atoms with Crippen molar-refractivity contribution in [3.05, 3.63) is 29.6 Å². The highest BCUT2D eigenvalue weighted by molar-refractivity contribution is 5.93. The maximum absolute atomic E-state index is 13.5. The van der Waals surface area contributed by atoms with Crippen LogP contribution in [-0.2, 0) is 4.74 Å². The van der Waals surface area contributed by atoms with Gasteiger partial charge in [-0.25, -0.2) is 14.0 Å². The molecule has 1 saturated heterocycles. The van der Waals surface area contributed by atoms with Gasteiger partial charge in [0.15, 0.2) is 0 Å². The quantitative estimate of drug-likeness (QED) is 0.789. The van der Waals surface area contributed by atoms with E-state index >= 15 is 0 Å². The molecule has 2 amide bonds. The van der Waals surface area contributed by atoms with Crippen molar-refractivity contribution in [2.75, 3.05) is 11.9 Å². The summed E-state index contributed by atoms with van der Waals surface area (Å²) in [6.07, 6.45) is 0.586. The summed E-state index contributed by atoms with van der Waals surface area (Å²) < 4.78 is 18.8. The highest BCUT2D eigenvalue weighted by Gasteiger charge is 2.25. The summed E-state index contributed by atoms with van der Waals surface area (Å²) in [5, 5.41) is 13.8. The minimum Gasteiger partial charge on any atom is -0.478 e. The number of aromatic carboxylic acids is 1. The van der Waals surface area contributed by atoms with Gasteiger partial charge in [-0.3, -0.25) is 0 Å². The number of halogens is 1.